The van der Waals surface area contributed by atoms with Gasteiger partial charge in [-0.25, -0.2) is 0 Å². The first-order chi connectivity index (χ1) is 5.95. The van der Waals surface area contributed by atoms with Gasteiger partial charge >= 0.3 is 0 Å². The van der Waals surface area contributed by atoms with Crippen LogP contribution in [0.4, 0.5) is 5.69 Å². The monoisotopic (exact) mass is 175 g/mol. The second-order valence-electron chi connectivity index (χ2n) is 3.10. The summed E-state index contributed by atoms with van der Waals surface area (Å²) in [6.45, 7) is 0. The fourth-order valence-electron chi connectivity index (χ4n) is 1.80. The smallest absolute Gasteiger partial charge is 0.0730 e. The Morgan fingerprint density at radius 3 is 3.33 bits per heavy atom. The van der Waals surface area contributed by atoms with Crippen LogP contribution >= 0.6 is 11.8 Å². The number of para-hydroxylation sites is 1. The van der Waals surface area contributed by atoms with Crippen molar-refractivity contribution in [1.82, 2.24) is 0 Å². The summed E-state index contributed by atoms with van der Waals surface area (Å²) < 4.78 is 0. The third-order valence-corrected chi connectivity index (χ3v) is 3.40. The van der Waals surface area contributed by atoms with Crippen molar-refractivity contribution in [2.45, 2.75) is 11.3 Å². The minimum absolute atomic E-state index is 1.09. The third-order valence-electron chi connectivity index (χ3n) is 2.35. The topological polar surface area (TPSA) is 3.24 Å². The van der Waals surface area contributed by atoms with Crippen molar-refractivity contribution < 1.29 is 0 Å². The van der Waals surface area contributed by atoms with Crippen LogP contribution in [0.3, 0.4) is 0 Å². The lowest BCUT2D eigenvalue weighted by atomic mass is 10.1. The molecule has 3 rings (SSSR count). The van der Waals surface area contributed by atoms with Crippen molar-refractivity contribution in [3.8, 4) is 0 Å². The summed E-state index contributed by atoms with van der Waals surface area (Å²) in [4.78, 5) is 3.77. The van der Waals surface area contributed by atoms with E-state index in [2.05, 4.69) is 35.4 Å². The molecule has 0 bridgehead atoms. The van der Waals surface area contributed by atoms with Crippen LogP contribution in [0.2, 0.25) is 0 Å². The molecule has 0 spiro atoms. The molecule has 2 aliphatic heterocycles. The predicted molar refractivity (Wildman–Crippen MR) is 52.5 cm³/mol. The molecule has 60 valence electrons. The zero-order valence-corrected chi connectivity index (χ0v) is 7.47. The van der Waals surface area contributed by atoms with E-state index in [0.29, 0.717) is 0 Å². The zero-order valence-electron chi connectivity index (χ0n) is 6.66. The minimum atomic E-state index is 1.09. The molecule has 0 amide bonds. The van der Waals surface area contributed by atoms with E-state index in [0.717, 1.165) is 12.3 Å². The average Bonchev–Trinajstić information content (AvgIpc) is 2.52. The van der Waals surface area contributed by atoms with E-state index >= 15 is 0 Å². The summed E-state index contributed by atoms with van der Waals surface area (Å²) in [5.41, 5.74) is 2.92. The van der Waals surface area contributed by atoms with Gasteiger partial charge in [0.05, 0.1) is 11.6 Å². The summed E-state index contributed by atoms with van der Waals surface area (Å²) >= 11 is 1.93. The molecule has 0 saturated heterocycles. The maximum atomic E-state index is 2.33. The molecular formula is C10H9NS. The van der Waals surface area contributed by atoms with Crippen molar-refractivity contribution in [1.29, 1.82) is 0 Å². The Hall–Kier alpha value is -0.890. The lowest BCUT2D eigenvalue weighted by molar-refractivity contribution is 1.07. The number of rotatable bonds is 0. The predicted octanol–water partition coefficient (Wildman–Crippen LogP) is 2.63. The van der Waals surface area contributed by atoms with Crippen LogP contribution in [0.15, 0.2) is 35.4 Å². The minimum Gasteiger partial charge on any atom is -0.337 e. The van der Waals surface area contributed by atoms with Crippen LogP contribution in [-0.4, -0.2) is 5.88 Å². The quantitative estimate of drug-likeness (QED) is 0.596. The lowest BCUT2D eigenvalue weighted by Gasteiger charge is -2.20. The molecule has 2 aliphatic rings. The summed E-state index contributed by atoms with van der Waals surface area (Å²) in [6.07, 6.45) is 5.53. The first-order valence-electron chi connectivity index (χ1n) is 4.13. The van der Waals surface area contributed by atoms with Gasteiger partial charge in [-0.3, -0.25) is 0 Å². The molecule has 0 aliphatic carbocycles. The molecule has 2 heterocycles. The Balaban J connectivity index is 2.28. The number of nitrogens with zero attached hydrogens (tertiary/aromatic N) is 1. The van der Waals surface area contributed by atoms with Gasteiger partial charge in [0.15, 0.2) is 0 Å². The number of hydrogen-bond donors (Lipinski definition) is 0. The summed E-state index contributed by atoms with van der Waals surface area (Å²) in [7, 11) is 0. The highest BCUT2D eigenvalue weighted by molar-refractivity contribution is 7.99. The van der Waals surface area contributed by atoms with Gasteiger partial charge in [-0.15, -0.1) is 11.8 Å². The van der Waals surface area contributed by atoms with Crippen molar-refractivity contribution in [3.05, 3.63) is 36.0 Å². The fourth-order valence-corrected chi connectivity index (χ4v) is 2.86. The molecule has 0 saturated carbocycles. The molecule has 0 unspecified atom stereocenters. The Morgan fingerprint density at radius 1 is 1.33 bits per heavy atom. The highest BCUT2D eigenvalue weighted by Gasteiger charge is 2.22. The molecule has 0 atom stereocenters. The first kappa shape index (κ1) is 6.61. The highest BCUT2D eigenvalue weighted by Crippen LogP contribution is 2.42. The fraction of sp³-hybridized carbons (Fsp3) is 0.200. The summed E-state index contributed by atoms with van der Waals surface area (Å²) in [5.74, 6) is 1.09. The Labute approximate surface area is 76.1 Å². The molecule has 12 heavy (non-hydrogen) atoms. The number of anilines is 1. The lowest BCUT2D eigenvalue weighted by Crippen LogP contribution is -2.14. The summed E-state index contributed by atoms with van der Waals surface area (Å²) in [5, 5.41) is 0. The van der Waals surface area contributed by atoms with E-state index < -0.39 is 0 Å². The van der Waals surface area contributed by atoms with Crippen LogP contribution in [0, 0.1) is 0 Å². The Kier molecular flexibility index (Phi) is 1.27. The van der Waals surface area contributed by atoms with E-state index in [9.17, 15) is 0 Å². The maximum absolute atomic E-state index is 2.33. The average molecular weight is 175 g/mol. The van der Waals surface area contributed by atoms with Gasteiger partial charge in [-0.1, -0.05) is 18.2 Å². The second kappa shape index (κ2) is 2.30. The highest BCUT2D eigenvalue weighted by atomic mass is 32.2. The van der Waals surface area contributed by atoms with E-state index in [-0.39, 0.29) is 0 Å². The van der Waals surface area contributed by atoms with Crippen molar-refractivity contribution in [2.75, 3.05) is 10.8 Å². The maximum Gasteiger partial charge on any atom is 0.0730 e. The van der Waals surface area contributed by atoms with E-state index in [4.69, 9.17) is 0 Å². The number of thioether (sulfide) groups is 1. The number of hydrogen-bond acceptors (Lipinski definition) is 2. The molecule has 0 N–H and O–H groups in total. The van der Waals surface area contributed by atoms with Gasteiger partial charge < -0.3 is 4.90 Å². The van der Waals surface area contributed by atoms with Gasteiger partial charge in [0.1, 0.15) is 0 Å². The SMILES string of the molecule is C1=CN2CSc3cccc(c32)C1. The molecule has 0 aromatic heterocycles. The van der Waals surface area contributed by atoms with Crippen LogP contribution < -0.4 is 4.90 Å². The molecule has 1 aromatic rings. The standard InChI is InChI=1S/C10H9NS/c1-3-8-4-2-6-11-7-12-9(5-1)10(8)11/h1-3,5-6H,4,7H2. The first-order valence-corrected chi connectivity index (χ1v) is 5.12. The van der Waals surface area contributed by atoms with Crippen molar-refractivity contribution in [2.24, 2.45) is 0 Å². The third kappa shape index (κ3) is 0.758. The van der Waals surface area contributed by atoms with Gasteiger partial charge in [0.25, 0.3) is 0 Å². The van der Waals surface area contributed by atoms with Crippen molar-refractivity contribution in [3.63, 3.8) is 0 Å². The Bertz CT molecular complexity index is 357. The zero-order chi connectivity index (χ0) is 7.97. The van der Waals surface area contributed by atoms with E-state index in [1.165, 1.54) is 16.1 Å². The largest absolute Gasteiger partial charge is 0.337 e. The van der Waals surface area contributed by atoms with Crippen LogP contribution in [0.1, 0.15) is 5.56 Å². The summed E-state index contributed by atoms with van der Waals surface area (Å²) in [6, 6.07) is 6.59. The van der Waals surface area contributed by atoms with Gasteiger partial charge in [0.2, 0.25) is 0 Å². The van der Waals surface area contributed by atoms with E-state index in [1.807, 2.05) is 11.8 Å². The van der Waals surface area contributed by atoms with Gasteiger partial charge in [0, 0.05) is 11.1 Å². The molecule has 1 nitrogen and oxygen atoms in total. The second-order valence-corrected chi connectivity index (χ2v) is 4.08. The van der Waals surface area contributed by atoms with Crippen LogP contribution in [-0.2, 0) is 6.42 Å². The number of allylic oxidation sites excluding steroid dienone is 1. The van der Waals surface area contributed by atoms with E-state index in [1.54, 1.807) is 0 Å². The normalized spacial score (nSPS) is 18.2. The number of benzene rings is 1. The van der Waals surface area contributed by atoms with Crippen molar-refractivity contribution >= 4 is 17.4 Å². The molecule has 1 aromatic carbocycles. The van der Waals surface area contributed by atoms with Gasteiger partial charge in [-0.05, 0) is 18.1 Å². The molecular weight excluding hydrogens is 166 g/mol. The van der Waals surface area contributed by atoms with Crippen LogP contribution in [0.25, 0.3) is 0 Å². The molecule has 0 radical (unpaired) electrons. The van der Waals surface area contributed by atoms with Gasteiger partial charge in [-0.2, -0.15) is 0 Å². The molecule has 2 heteroatoms. The Morgan fingerprint density at radius 2 is 2.33 bits per heavy atom. The molecule has 0 fully saturated rings. The van der Waals surface area contributed by atoms with Crippen LogP contribution in [0.5, 0.6) is 0 Å².